The van der Waals surface area contributed by atoms with Crippen molar-refractivity contribution in [2.45, 2.75) is 19.6 Å². The number of carbonyl (C=O) groups is 2. The number of carbonyl (C=O) groups excluding carboxylic acids is 2. The van der Waals surface area contributed by atoms with E-state index in [9.17, 15) is 9.59 Å². The number of ether oxygens (including phenoxy) is 1. The van der Waals surface area contributed by atoms with Crippen LogP contribution >= 0.6 is 0 Å². The molecule has 21 heavy (non-hydrogen) atoms. The fourth-order valence-electron chi connectivity index (χ4n) is 1.89. The second-order valence-corrected chi connectivity index (χ2v) is 4.65. The van der Waals surface area contributed by atoms with E-state index >= 15 is 0 Å². The van der Waals surface area contributed by atoms with Gasteiger partial charge in [-0.15, -0.1) is 0 Å². The molecular formula is C14H17N3O4. The molecule has 1 heterocycles. The lowest BCUT2D eigenvalue weighted by atomic mass is 10.0. The number of oxime groups is 1. The van der Waals surface area contributed by atoms with Gasteiger partial charge in [0.25, 0.3) is 0 Å². The lowest BCUT2D eigenvalue weighted by Crippen LogP contribution is -2.57. The van der Waals surface area contributed by atoms with E-state index < -0.39 is 11.9 Å². The zero-order chi connectivity index (χ0) is 15.2. The van der Waals surface area contributed by atoms with E-state index in [-0.39, 0.29) is 18.6 Å². The van der Waals surface area contributed by atoms with Gasteiger partial charge in [-0.05, 0) is 24.6 Å². The molecule has 0 aliphatic carbocycles. The van der Waals surface area contributed by atoms with Crippen LogP contribution in [0.25, 0.3) is 0 Å². The van der Waals surface area contributed by atoms with Crippen LogP contribution in [0.2, 0.25) is 0 Å². The molecule has 1 aromatic carbocycles. The summed E-state index contributed by atoms with van der Waals surface area (Å²) in [5, 5.41) is 8.57. The van der Waals surface area contributed by atoms with Crippen molar-refractivity contribution in [2.75, 3.05) is 7.11 Å². The Morgan fingerprint density at radius 3 is 2.62 bits per heavy atom. The highest BCUT2D eigenvalue weighted by molar-refractivity contribution is 6.05. The van der Waals surface area contributed by atoms with Gasteiger partial charge in [0, 0.05) is 6.04 Å². The van der Waals surface area contributed by atoms with Gasteiger partial charge >= 0.3 is 6.03 Å². The number of rotatable bonds is 5. The molecule has 1 fully saturated rings. The van der Waals surface area contributed by atoms with E-state index in [2.05, 4.69) is 15.8 Å². The monoisotopic (exact) mass is 291 g/mol. The SMILES string of the molecule is COc1ccc(CO/N=C/C2C(=O)NC(=O)NC2C)cc1. The maximum absolute atomic E-state index is 11.6. The molecule has 0 radical (unpaired) electrons. The fraction of sp³-hybridized carbons (Fsp3) is 0.357. The van der Waals surface area contributed by atoms with Crippen LogP contribution in [0.1, 0.15) is 12.5 Å². The molecule has 3 amide bonds. The van der Waals surface area contributed by atoms with Crippen LogP contribution in [0, 0.1) is 5.92 Å². The summed E-state index contributed by atoms with van der Waals surface area (Å²) in [4.78, 5) is 27.8. The average Bonchev–Trinajstić information content (AvgIpc) is 2.46. The van der Waals surface area contributed by atoms with Crippen molar-refractivity contribution in [3.8, 4) is 5.75 Å². The molecule has 1 aliphatic rings. The summed E-state index contributed by atoms with van der Waals surface area (Å²) in [5.74, 6) is -0.160. The Balaban J connectivity index is 1.84. The Morgan fingerprint density at radius 2 is 2.00 bits per heavy atom. The third-order valence-corrected chi connectivity index (χ3v) is 3.12. The zero-order valence-corrected chi connectivity index (χ0v) is 11.8. The molecule has 0 bridgehead atoms. The molecule has 112 valence electrons. The van der Waals surface area contributed by atoms with Gasteiger partial charge < -0.3 is 14.9 Å². The Morgan fingerprint density at radius 1 is 1.29 bits per heavy atom. The van der Waals surface area contributed by atoms with Crippen molar-refractivity contribution >= 4 is 18.2 Å². The summed E-state index contributed by atoms with van der Waals surface area (Å²) < 4.78 is 5.06. The number of methoxy groups -OCH3 is 1. The van der Waals surface area contributed by atoms with Crippen LogP contribution in [0.15, 0.2) is 29.4 Å². The van der Waals surface area contributed by atoms with Crippen LogP contribution in [0.3, 0.4) is 0 Å². The molecule has 0 saturated carbocycles. The topological polar surface area (TPSA) is 89.0 Å². The molecule has 2 N–H and O–H groups in total. The predicted octanol–water partition coefficient (Wildman–Crippen LogP) is 1.04. The second kappa shape index (κ2) is 6.74. The summed E-state index contributed by atoms with van der Waals surface area (Å²) in [7, 11) is 1.60. The smallest absolute Gasteiger partial charge is 0.321 e. The molecule has 0 aromatic heterocycles. The van der Waals surface area contributed by atoms with E-state index in [0.717, 1.165) is 11.3 Å². The molecule has 1 aromatic rings. The van der Waals surface area contributed by atoms with Crippen molar-refractivity contribution < 1.29 is 19.2 Å². The van der Waals surface area contributed by atoms with Crippen LogP contribution in [0.4, 0.5) is 4.79 Å². The zero-order valence-electron chi connectivity index (χ0n) is 11.8. The fourth-order valence-corrected chi connectivity index (χ4v) is 1.89. The number of amides is 3. The highest BCUT2D eigenvalue weighted by Crippen LogP contribution is 2.12. The van der Waals surface area contributed by atoms with Crippen molar-refractivity contribution in [1.82, 2.24) is 10.6 Å². The number of nitrogens with one attached hydrogen (secondary N) is 2. The summed E-state index contributed by atoms with van der Waals surface area (Å²) in [6.45, 7) is 2.02. The van der Waals surface area contributed by atoms with Crippen LogP contribution < -0.4 is 15.4 Å². The Kier molecular flexibility index (Phi) is 4.76. The Hall–Kier alpha value is -2.57. The molecule has 1 saturated heterocycles. The van der Waals surface area contributed by atoms with Crippen LogP contribution in [-0.4, -0.2) is 31.3 Å². The largest absolute Gasteiger partial charge is 0.497 e. The van der Waals surface area contributed by atoms with E-state index in [4.69, 9.17) is 9.57 Å². The van der Waals surface area contributed by atoms with Gasteiger partial charge in [-0.25, -0.2) is 4.79 Å². The van der Waals surface area contributed by atoms with Crippen LogP contribution in [0.5, 0.6) is 5.75 Å². The number of urea groups is 1. The van der Waals surface area contributed by atoms with E-state index in [1.165, 1.54) is 6.21 Å². The second-order valence-electron chi connectivity index (χ2n) is 4.65. The molecule has 2 unspecified atom stereocenters. The molecule has 7 nitrogen and oxygen atoms in total. The van der Waals surface area contributed by atoms with Gasteiger partial charge in [-0.1, -0.05) is 17.3 Å². The Bertz CT molecular complexity index is 542. The first-order chi connectivity index (χ1) is 10.1. The summed E-state index contributed by atoms with van der Waals surface area (Å²) >= 11 is 0. The van der Waals surface area contributed by atoms with Crippen molar-refractivity contribution in [3.05, 3.63) is 29.8 Å². The maximum Gasteiger partial charge on any atom is 0.321 e. The van der Waals surface area contributed by atoms with Crippen LogP contribution in [-0.2, 0) is 16.2 Å². The quantitative estimate of drug-likeness (QED) is 0.626. The maximum atomic E-state index is 11.6. The van der Waals surface area contributed by atoms with Crippen molar-refractivity contribution in [2.24, 2.45) is 11.1 Å². The number of hydrogen-bond acceptors (Lipinski definition) is 5. The minimum atomic E-state index is -0.543. The molecular weight excluding hydrogens is 274 g/mol. The Labute approximate surface area is 122 Å². The first-order valence-electron chi connectivity index (χ1n) is 6.50. The minimum Gasteiger partial charge on any atom is -0.497 e. The molecule has 1 aliphatic heterocycles. The molecule has 0 spiro atoms. The van der Waals surface area contributed by atoms with Gasteiger partial charge in [0.15, 0.2) is 0 Å². The number of imide groups is 1. The third-order valence-electron chi connectivity index (χ3n) is 3.12. The first-order valence-corrected chi connectivity index (χ1v) is 6.50. The average molecular weight is 291 g/mol. The highest BCUT2D eigenvalue weighted by atomic mass is 16.6. The molecule has 7 heteroatoms. The molecule has 2 rings (SSSR count). The van der Waals surface area contributed by atoms with E-state index in [1.54, 1.807) is 14.0 Å². The summed E-state index contributed by atoms with van der Waals surface area (Å²) in [5.41, 5.74) is 0.933. The van der Waals surface area contributed by atoms with E-state index in [1.807, 2.05) is 24.3 Å². The predicted molar refractivity (Wildman–Crippen MR) is 75.9 cm³/mol. The lowest BCUT2D eigenvalue weighted by molar-refractivity contribution is -0.123. The first kappa shape index (κ1) is 14.8. The summed E-state index contributed by atoms with van der Waals surface area (Å²) in [6.07, 6.45) is 1.39. The lowest BCUT2D eigenvalue weighted by Gasteiger charge is -2.25. The van der Waals surface area contributed by atoms with Gasteiger partial charge in [0.05, 0.1) is 19.2 Å². The number of nitrogens with zero attached hydrogens (tertiary/aromatic N) is 1. The standard InChI is InChI=1S/C14H17N3O4/c1-9-12(13(18)17-14(19)16-9)7-15-21-8-10-3-5-11(20-2)6-4-10/h3-7,9,12H,8H2,1-2H3,(H2,16,17,18,19)/b15-7+. The van der Waals surface area contributed by atoms with Crippen molar-refractivity contribution in [3.63, 3.8) is 0 Å². The normalized spacial score (nSPS) is 21.8. The third kappa shape index (κ3) is 3.95. The minimum absolute atomic E-state index is 0.287. The van der Waals surface area contributed by atoms with Crippen molar-refractivity contribution in [1.29, 1.82) is 0 Å². The molecule has 2 atom stereocenters. The summed E-state index contributed by atoms with van der Waals surface area (Å²) in [6, 6.07) is 6.58. The van der Waals surface area contributed by atoms with Gasteiger partial charge in [0.2, 0.25) is 5.91 Å². The number of hydrogen-bond donors (Lipinski definition) is 2. The van der Waals surface area contributed by atoms with Gasteiger partial charge in [-0.3, -0.25) is 10.1 Å². The van der Waals surface area contributed by atoms with Gasteiger partial charge in [0.1, 0.15) is 12.4 Å². The number of benzene rings is 1. The highest BCUT2D eigenvalue weighted by Gasteiger charge is 2.31. The van der Waals surface area contributed by atoms with E-state index in [0.29, 0.717) is 0 Å². The van der Waals surface area contributed by atoms with Gasteiger partial charge in [-0.2, -0.15) is 0 Å².